The van der Waals surface area contributed by atoms with E-state index < -0.39 is 5.54 Å². The Hall–Kier alpha value is -2.84. The average Bonchev–Trinajstić information content (AvgIpc) is 3.24. The molecule has 1 aromatic heterocycles. The van der Waals surface area contributed by atoms with Crippen molar-refractivity contribution in [3.63, 3.8) is 0 Å². The van der Waals surface area contributed by atoms with Gasteiger partial charge in [0.25, 0.3) is 0 Å². The first-order valence-electron chi connectivity index (χ1n) is 9.07. The summed E-state index contributed by atoms with van der Waals surface area (Å²) >= 11 is 6.07. The summed E-state index contributed by atoms with van der Waals surface area (Å²) in [6, 6.07) is 31.9. The molecule has 4 aromatic rings. The van der Waals surface area contributed by atoms with Gasteiger partial charge in [0.15, 0.2) is 0 Å². The third kappa shape index (κ3) is 3.41. The van der Waals surface area contributed by atoms with Crippen LogP contribution in [0.4, 0.5) is 0 Å². The Labute approximate surface area is 165 Å². The molecule has 0 radical (unpaired) electrons. The predicted molar refractivity (Wildman–Crippen MR) is 111 cm³/mol. The van der Waals surface area contributed by atoms with E-state index in [4.69, 9.17) is 11.6 Å². The summed E-state index contributed by atoms with van der Waals surface area (Å²) < 4.78 is 2.21. The Morgan fingerprint density at radius 1 is 0.741 bits per heavy atom. The smallest absolute Gasteiger partial charge is 0.0998 e. The van der Waals surface area contributed by atoms with Crippen molar-refractivity contribution >= 4 is 11.6 Å². The molecule has 0 spiro atoms. The minimum Gasteiger partial charge on any atom is -0.322 e. The number of alkyl halides is 1. The first kappa shape index (κ1) is 17.6. The molecule has 0 aliphatic rings. The molecule has 1 heterocycles. The summed E-state index contributed by atoms with van der Waals surface area (Å²) in [4.78, 5) is 4.52. The second-order valence-corrected chi connectivity index (χ2v) is 6.93. The zero-order valence-electron chi connectivity index (χ0n) is 15.0. The lowest BCUT2D eigenvalue weighted by Crippen LogP contribution is -2.38. The molecule has 3 heteroatoms. The molecule has 3 aromatic carbocycles. The van der Waals surface area contributed by atoms with E-state index in [9.17, 15) is 0 Å². The second kappa shape index (κ2) is 7.81. The summed E-state index contributed by atoms with van der Waals surface area (Å²) in [7, 11) is 0. The van der Waals surface area contributed by atoms with Crippen LogP contribution in [0.15, 0.2) is 104 Å². The van der Waals surface area contributed by atoms with Crippen LogP contribution in [0.3, 0.4) is 0 Å². The van der Waals surface area contributed by atoms with Crippen molar-refractivity contribution in [2.75, 3.05) is 0 Å². The zero-order chi connectivity index (χ0) is 18.5. The highest BCUT2D eigenvalue weighted by atomic mass is 35.5. The van der Waals surface area contributed by atoms with Gasteiger partial charge < -0.3 is 4.57 Å². The highest BCUT2D eigenvalue weighted by molar-refractivity contribution is 6.16. The number of hydrogen-bond acceptors (Lipinski definition) is 1. The standard InChI is InChI=1S/C24H21ClN2/c25-17-23-18-27(19-26-23)24(21-12-6-2-7-13-21,22-14-8-3-9-15-22)16-20-10-4-1-5-11-20/h1-15,18-19H,16-17H2. The van der Waals surface area contributed by atoms with Crippen LogP contribution in [-0.2, 0) is 17.8 Å². The van der Waals surface area contributed by atoms with E-state index in [1.54, 1.807) is 0 Å². The van der Waals surface area contributed by atoms with Crippen LogP contribution in [-0.4, -0.2) is 9.55 Å². The highest BCUT2D eigenvalue weighted by Gasteiger charge is 2.36. The quantitative estimate of drug-likeness (QED) is 0.399. The highest BCUT2D eigenvalue weighted by Crippen LogP contribution is 2.37. The lowest BCUT2D eigenvalue weighted by atomic mass is 9.77. The van der Waals surface area contributed by atoms with Crippen LogP contribution in [0.2, 0.25) is 0 Å². The second-order valence-electron chi connectivity index (χ2n) is 6.66. The first-order chi connectivity index (χ1) is 13.3. The van der Waals surface area contributed by atoms with Crippen LogP contribution in [0.25, 0.3) is 0 Å². The van der Waals surface area contributed by atoms with Crippen molar-refractivity contribution in [1.82, 2.24) is 9.55 Å². The summed E-state index contributed by atoms with van der Waals surface area (Å²) in [5.74, 6) is 0.401. The lowest BCUT2D eigenvalue weighted by molar-refractivity contribution is 0.426. The number of aromatic nitrogens is 2. The van der Waals surface area contributed by atoms with Crippen molar-refractivity contribution in [2.24, 2.45) is 0 Å². The molecule has 4 rings (SSSR count). The van der Waals surface area contributed by atoms with Gasteiger partial charge in [0.05, 0.1) is 23.4 Å². The van der Waals surface area contributed by atoms with E-state index in [2.05, 4.69) is 107 Å². The molecular formula is C24H21ClN2. The van der Waals surface area contributed by atoms with E-state index in [1.807, 2.05) is 6.33 Å². The predicted octanol–water partition coefficient (Wildman–Crippen LogP) is 5.66. The Bertz CT molecular complexity index is 939. The summed E-state index contributed by atoms with van der Waals surface area (Å²) in [5.41, 5.74) is 4.19. The fourth-order valence-electron chi connectivity index (χ4n) is 3.72. The number of benzene rings is 3. The molecule has 0 aliphatic heterocycles. The molecular weight excluding hydrogens is 352 g/mol. The molecule has 0 atom stereocenters. The van der Waals surface area contributed by atoms with E-state index in [0.717, 1.165) is 12.1 Å². The molecule has 0 fully saturated rings. The van der Waals surface area contributed by atoms with Gasteiger partial charge in [-0.2, -0.15) is 0 Å². The summed E-state index contributed by atoms with van der Waals surface area (Å²) in [5, 5.41) is 0. The summed E-state index contributed by atoms with van der Waals surface area (Å²) in [6.45, 7) is 0. The van der Waals surface area contributed by atoms with E-state index in [1.165, 1.54) is 16.7 Å². The maximum Gasteiger partial charge on any atom is 0.0998 e. The van der Waals surface area contributed by atoms with Crippen LogP contribution < -0.4 is 0 Å². The molecule has 0 amide bonds. The maximum atomic E-state index is 6.07. The molecule has 0 bridgehead atoms. The van der Waals surface area contributed by atoms with Crippen molar-refractivity contribution < 1.29 is 0 Å². The Balaban J connectivity index is 1.99. The topological polar surface area (TPSA) is 17.8 Å². The molecule has 0 saturated heterocycles. The van der Waals surface area contributed by atoms with Gasteiger partial charge in [-0.05, 0) is 16.7 Å². The molecule has 0 aliphatic carbocycles. The minimum atomic E-state index is -0.402. The Kier molecular flexibility index (Phi) is 5.08. The SMILES string of the molecule is ClCc1cn(C(Cc2ccccc2)(c2ccccc2)c2ccccc2)cn1. The number of nitrogens with zero attached hydrogens (tertiary/aromatic N) is 2. The van der Waals surface area contributed by atoms with Gasteiger partial charge in [-0.1, -0.05) is 91.0 Å². The fraction of sp³-hybridized carbons (Fsp3) is 0.125. The normalized spacial score (nSPS) is 11.4. The van der Waals surface area contributed by atoms with Gasteiger partial charge in [-0.25, -0.2) is 4.98 Å². The van der Waals surface area contributed by atoms with Crippen LogP contribution in [0, 0.1) is 0 Å². The summed E-state index contributed by atoms with van der Waals surface area (Å²) in [6.07, 6.45) is 4.79. The van der Waals surface area contributed by atoms with Gasteiger partial charge in [-0.3, -0.25) is 0 Å². The minimum absolute atomic E-state index is 0.401. The zero-order valence-corrected chi connectivity index (χ0v) is 15.8. The molecule has 0 unspecified atom stereocenters. The van der Waals surface area contributed by atoms with Crippen molar-refractivity contribution in [3.8, 4) is 0 Å². The van der Waals surface area contributed by atoms with Gasteiger partial charge in [0.2, 0.25) is 0 Å². The number of rotatable bonds is 6. The third-order valence-corrected chi connectivity index (χ3v) is 5.29. The molecule has 2 nitrogen and oxygen atoms in total. The fourth-order valence-corrected chi connectivity index (χ4v) is 3.86. The van der Waals surface area contributed by atoms with Crippen LogP contribution in [0.1, 0.15) is 22.4 Å². The number of halogens is 1. The average molecular weight is 373 g/mol. The molecule has 0 saturated carbocycles. The van der Waals surface area contributed by atoms with Gasteiger partial charge in [0.1, 0.15) is 0 Å². The van der Waals surface area contributed by atoms with Gasteiger partial charge in [-0.15, -0.1) is 11.6 Å². The number of imidazole rings is 1. The largest absolute Gasteiger partial charge is 0.322 e. The molecule has 134 valence electrons. The van der Waals surface area contributed by atoms with Gasteiger partial charge in [0, 0.05) is 12.6 Å². The van der Waals surface area contributed by atoms with E-state index >= 15 is 0 Å². The van der Waals surface area contributed by atoms with Crippen LogP contribution >= 0.6 is 11.6 Å². The third-order valence-electron chi connectivity index (χ3n) is 5.02. The Morgan fingerprint density at radius 3 is 1.74 bits per heavy atom. The van der Waals surface area contributed by atoms with E-state index in [-0.39, 0.29) is 0 Å². The van der Waals surface area contributed by atoms with Crippen molar-refractivity contribution in [1.29, 1.82) is 0 Å². The molecule has 27 heavy (non-hydrogen) atoms. The van der Waals surface area contributed by atoms with E-state index in [0.29, 0.717) is 5.88 Å². The number of hydrogen-bond donors (Lipinski definition) is 0. The first-order valence-corrected chi connectivity index (χ1v) is 9.60. The van der Waals surface area contributed by atoms with Crippen LogP contribution in [0.5, 0.6) is 0 Å². The van der Waals surface area contributed by atoms with Crippen molar-refractivity contribution in [2.45, 2.75) is 17.8 Å². The maximum absolute atomic E-state index is 6.07. The van der Waals surface area contributed by atoms with Crippen molar-refractivity contribution in [3.05, 3.63) is 126 Å². The Morgan fingerprint density at radius 2 is 1.26 bits per heavy atom. The lowest BCUT2D eigenvalue weighted by Gasteiger charge is -2.37. The monoisotopic (exact) mass is 372 g/mol. The van der Waals surface area contributed by atoms with Gasteiger partial charge >= 0.3 is 0 Å². The molecule has 0 N–H and O–H groups in total.